The van der Waals surface area contributed by atoms with Crippen LogP contribution < -0.4 is 11.1 Å². The Hall–Kier alpha value is -2.05. The van der Waals surface area contributed by atoms with Crippen LogP contribution in [0.5, 0.6) is 0 Å². The van der Waals surface area contributed by atoms with Crippen molar-refractivity contribution in [2.45, 2.75) is 51.0 Å². The summed E-state index contributed by atoms with van der Waals surface area (Å²) in [7, 11) is 0. The fourth-order valence-corrected chi connectivity index (χ4v) is 2.88. The summed E-state index contributed by atoms with van der Waals surface area (Å²) in [6.45, 7) is 3.12. The second-order valence-electron chi connectivity index (χ2n) is 6.22. The third kappa shape index (κ3) is 6.04. The van der Waals surface area contributed by atoms with E-state index in [2.05, 4.69) is 34.6 Å². The molecule has 8 heteroatoms. The second-order valence-corrected chi connectivity index (χ2v) is 6.22. The molecule has 26 heavy (non-hydrogen) atoms. The molecule has 8 nitrogen and oxygen atoms in total. The molecule has 1 aromatic heterocycles. The summed E-state index contributed by atoms with van der Waals surface area (Å²) in [6.07, 6.45) is 9.17. The van der Waals surface area contributed by atoms with Gasteiger partial charge in [-0.25, -0.2) is 0 Å². The molecular formula is C18H27N5O3. The third-order valence-electron chi connectivity index (χ3n) is 4.24. The van der Waals surface area contributed by atoms with Crippen molar-refractivity contribution in [1.29, 1.82) is 5.26 Å². The van der Waals surface area contributed by atoms with Gasteiger partial charge in [0.15, 0.2) is 0 Å². The Labute approximate surface area is 153 Å². The lowest BCUT2D eigenvalue weighted by Crippen LogP contribution is -2.44. The molecule has 0 saturated carbocycles. The number of nitriles is 1. The molecule has 142 valence electrons. The summed E-state index contributed by atoms with van der Waals surface area (Å²) in [5.74, 6) is -0.343. The minimum Gasteiger partial charge on any atom is -0.428 e. The van der Waals surface area contributed by atoms with Gasteiger partial charge in [-0.1, -0.05) is 31.6 Å². The number of aliphatic hydroxyl groups excluding tert-OH is 1. The van der Waals surface area contributed by atoms with Gasteiger partial charge in [0.05, 0.1) is 24.7 Å². The predicted octanol–water partition coefficient (Wildman–Crippen LogP) is 1.06. The Morgan fingerprint density at radius 2 is 2.42 bits per heavy atom. The van der Waals surface area contributed by atoms with E-state index in [-0.39, 0.29) is 18.6 Å². The molecule has 0 fully saturated rings. The van der Waals surface area contributed by atoms with Crippen molar-refractivity contribution in [3.05, 3.63) is 36.1 Å². The fraction of sp³-hybridized carbons (Fsp3) is 0.611. The van der Waals surface area contributed by atoms with Crippen LogP contribution in [0.4, 0.5) is 0 Å². The van der Waals surface area contributed by atoms with Gasteiger partial charge in [-0.2, -0.15) is 5.26 Å². The highest BCUT2D eigenvalue weighted by molar-refractivity contribution is 5.29. The highest BCUT2D eigenvalue weighted by Gasteiger charge is 2.25. The van der Waals surface area contributed by atoms with Gasteiger partial charge in [0.2, 0.25) is 12.3 Å². The Balaban J connectivity index is 1.95. The average molecular weight is 361 g/mol. The van der Waals surface area contributed by atoms with Gasteiger partial charge in [0.1, 0.15) is 6.23 Å². The molecule has 0 radical (unpaired) electrons. The summed E-state index contributed by atoms with van der Waals surface area (Å²) < 4.78 is 10.7. The van der Waals surface area contributed by atoms with Crippen molar-refractivity contribution in [2.24, 2.45) is 11.7 Å². The number of ether oxygens (including phenoxy) is 1. The molecule has 4 atom stereocenters. The largest absolute Gasteiger partial charge is 0.428 e. The van der Waals surface area contributed by atoms with E-state index >= 15 is 0 Å². The smallest absolute Gasteiger partial charge is 0.217 e. The van der Waals surface area contributed by atoms with E-state index in [0.717, 1.165) is 24.8 Å². The minimum absolute atomic E-state index is 0.0406. The molecular weight excluding hydrogens is 334 g/mol. The van der Waals surface area contributed by atoms with Gasteiger partial charge in [-0.05, 0) is 18.4 Å². The summed E-state index contributed by atoms with van der Waals surface area (Å²) in [5.41, 5.74) is 6.55. The lowest BCUT2D eigenvalue weighted by atomic mass is 9.94. The number of nitrogens with two attached hydrogens (primary N) is 1. The number of hydrogen-bond acceptors (Lipinski definition) is 8. The molecule has 1 aromatic rings. The van der Waals surface area contributed by atoms with Gasteiger partial charge in [-0.3, -0.25) is 5.32 Å². The topological polar surface area (TPSA) is 130 Å². The molecule has 4 N–H and O–H groups in total. The summed E-state index contributed by atoms with van der Waals surface area (Å²) in [4.78, 5) is 0. The van der Waals surface area contributed by atoms with Crippen LogP contribution in [-0.2, 0) is 11.2 Å². The highest BCUT2D eigenvalue weighted by atomic mass is 16.5. The Kier molecular flexibility index (Phi) is 8.44. The molecule has 1 heterocycles. The number of nitrogens with one attached hydrogen (secondary N) is 1. The number of rotatable bonds is 11. The average Bonchev–Trinajstić information content (AvgIpc) is 3.17. The quantitative estimate of drug-likeness (QED) is 0.499. The molecule has 1 aliphatic rings. The number of hydrogen-bond donors (Lipinski definition) is 3. The van der Waals surface area contributed by atoms with Gasteiger partial charge >= 0.3 is 0 Å². The van der Waals surface area contributed by atoms with Gasteiger partial charge in [0, 0.05) is 19.0 Å². The van der Waals surface area contributed by atoms with E-state index in [9.17, 15) is 10.4 Å². The highest BCUT2D eigenvalue weighted by Crippen LogP contribution is 2.20. The van der Waals surface area contributed by atoms with Crippen LogP contribution in [0, 0.1) is 17.2 Å². The molecule has 0 amide bonds. The number of nitrogens with zero attached hydrogens (tertiary/aromatic N) is 3. The fourth-order valence-electron chi connectivity index (χ4n) is 2.88. The van der Waals surface area contributed by atoms with E-state index in [1.807, 2.05) is 12.2 Å². The zero-order valence-electron chi connectivity index (χ0n) is 15.0. The molecule has 1 aliphatic carbocycles. The maximum atomic E-state index is 10.5. The Bertz CT molecular complexity index is 623. The first-order valence-electron chi connectivity index (χ1n) is 8.96. The minimum atomic E-state index is -0.996. The van der Waals surface area contributed by atoms with Crippen molar-refractivity contribution in [3.63, 3.8) is 0 Å². The molecule has 0 spiro atoms. The van der Waals surface area contributed by atoms with Crippen molar-refractivity contribution in [1.82, 2.24) is 15.5 Å². The molecule has 0 bridgehead atoms. The molecule has 2 rings (SSSR count). The predicted molar refractivity (Wildman–Crippen MR) is 95.6 cm³/mol. The number of aliphatic hydroxyl groups is 1. The van der Waals surface area contributed by atoms with Crippen LogP contribution in [0.25, 0.3) is 0 Å². The SMILES string of the molecule is CCCC(NC(O)C(C#N)Cc1nnco1)C1=CCC(OCCN)C=C1. The first-order valence-corrected chi connectivity index (χ1v) is 8.96. The lowest BCUT2D eigenvalue weighted by molar-refractivity contribution is 0.0835. The van der Waals surface area contributed by atoms with E-state index < -0.39 is 12.1 Å². The monoisotopic (exact) mass is 361 g/mol. The van der Waals surface area contributed by atoms with Crippen molar-refractivity contribution < 1.29 is 14.3 Å². The van der Waals surface area contributed by atoms with Crippen LogP contribution >= 0.6 is 0 Å². The first-order chi connectivity index (χ1) is 12.7. The zero-order valence-corrected chi connectivity index (χ0v) is 15.0. The third-order valence-corrected chi connectivity index (χ3v) is 4.24. The van der Waals surface area contributed by atoms with Crippen LogP contribution in [0.2, 0.25) is 0 Å². The zero-order chi connectivity index (χ0) is 18.8. The van der Waals surface area contributed by atoms with E-state index in [0.29, 0.717) is 19.0 Å². The first kappa shape index (κ1) is 20.3. The lowest BCUT2D eigenvalue weighted by Gasteiger charge is -2.27. The molecule has 0 saturated heterocycles. The maximum absolute atomic E-state index is 10.5. The van der Waals surface area contributed by atoms with Crippen LogP contribution in [0.1, 0.15) is 32.1 Å². The summed E-state index contributed by atoms with van der Waals surface area (Å²) >= 11 is 0. The van der Waals surface area contributed by atoms with E-state index in [1.54, 1.807) is 0 Å². The summed E-state index contributed by atoms with van der Waals surface area (Å²) in [5, 5.41) is 30.4. The maximum Gasteiger partial charge on any atom is 0.217 e. The van der Waals surface area contributed by atoms with Crippen molar-refractivity contribution in [3.8, 4) is 6.07 Å². The number of aromatic nitrogens is 2. The van der Waals surface area contributed by atoms with Crippen LogP contribution in [0.15, 0.2) is 34.6 Å². The van der Waals surface area contributed by atoms with E-state index in [4.69, 9.17) is 14.9 Å². The molecule has 0 aromatic carbocycles. The summed E-state index contributed by atoms with van der Waals surface area (Å²) in [6, 6.07) is 2.07. The van der Waals surface area contributed by atoms with Crippen LogP contribution in [-0.4, -0.2) is 46.8 Å². The Morgan fingerprint density at radius 3 is 3.00 bits per heavy atom. The van der Waals surface area contributed by atoms with Gasteiger partial charge < -0.3 is 20.0 Å². The standard InChI is InChI=1S/C18H27N5O3/c1-2-3-16(13-4-6-15(7-5-13)25-9-8-19)22-18(24)14(11-20)10-17-23-21-12-26-17/h4-6,12,14-16,18,22,24H,2-3,7-10,19H2,1H3. The van der Waals surface area contributed by atoms with Crippen molar-refractivity contribution >= 4 is 0 Å². The second kappa shape index (κ2) is 10.8. The Morgan fingerprint density at radius 1 is 1.58 bits per heavy atom. The van der Waals surface area contributed by atoms with Crippen LogP contribution in [0.3, 0.4) is 0 Å². The van der Waals surface area contributed by atoms with Crippen molar-refractivity contribution in [2.75, 3.05) is 13.2 Å². The van der Waals surface area contributed by atoms with E-state index in [1.165, 1.54) is 6.39 Å². The molecule has 0 aliphatic heterocycles. The normalized spacial score (nSPS) is 20.2. The van der Waals surface area contributed by atoms with Gasteiger partial charge in [0.25, 0.3) is 0 Å². The molecule has 4 unspecified atom stereocenters. The van der Waals surface area contributed by atoms with Gasteiger partial charge in [-0.15, -0.1) is 10.2 Å².